The van der Waals surface area contributed by atoms with Gasteiger partial charge in [0.25, 0.3) is 0 Å². The van der Waals surface area contributed by atoms with Gasteiger partial charge in [0, 0.05) is 24.7 Å². The van der Waals surface area contributed by atoms with Crippen molar-refractivity contribution in [2.24, 2.45) is 0 Å². The minimum Gasteiger partial charge on any atom is -0.469 e. The molecule has 0 aromatic rings. The van der Waals surface area contributed by atoms with E-state index in [1.807, 2.05) is 0 Å². The van der Waals surface area contributed by atoms with Gasteiger partial charge in [0.2, 0.25) is 0 Å². The van der Waals surface area contributed by atoms with Crippen LogP contribution in [0.15, 0.2) is 0 Å². The predicted molar refractivity (Wildman–Crippen MR) is 76.1 cm³/mol. The molecule has 0 spiro atoms. The first-order valence-corrected chi connectivity index (χ1v) is 7.77. The summed E-state index contributed by atoms with van der Waals surface area (Å²) in [5.41, 5.74) is 0. The Labute approximate surface area is 116 Å². The maximum absolute atomic E-state index is 11.7. The van der Waals surface area contributed by atoms with Crippen molar-refractivity contribution in [1.29, 1.82) is 0 Å². The zero-order chi connectivity index (χ0) is 13.7. The number of nitrogens with one attached hydrogen (secondary N) is 1. The third kappa shape index (κ3) is 3.93. The molecule has 4 heteroatoms. The molecule has 2 unspecified atom stereocenters. The van der Waals surface area contributed by atoms with Gasteiger partial charge in [0.15, 0.2) is 0 Å². The number of hydrogen-bond donors (Lipinski definition) is 1. The molecule has 2 aliphatic rings. The Morgan fingerprint density at radius 1 is 1.26 bits per heavy atom. The van der Waals surface area contributed by atoms with Crippen LogP contribution in [0.5, 0.6) is 0 Å². The van der Waals surface area contributed by atoms with Crippen molar-refractivity contribution in [3.8, 4) is 0 Å². The number of methoxy groups -OCH3 is 1. The fraction of sp³-hybridized carbons (Fsp3) is 0.933. The average molecular weight is 268 g/mol. The molecule has 110 valence electrons. The molecule has 1 saturated carbocycles. The van der Waals surface area contributed by atoms with Gasteiger partial charge < -0.3 is 10.1 Å². The van der Waals surface area contributed by atoms with Crippen LogP contribution >= 0.6 is 0 Å². The van der Waals surface area contributed by atoms with Crippen molar-refractivity contribution in [3.05, 3.63) is 0 Å². The van der Waals surface area contributed by atoms with Gasteiger partial charge in [0.05, 0.1) is 13.5 Å². The second kappa shape index (κ2) is 7.25. The molecule has 2 fully saturated rings. The fourth-order valence-corrected chi connectivity index (χ4v) is 3.68. The second-order valence-corrected chi connectivity index (χ2v) is 6.01. The van der Waals surface area contributed by atoms with E-state index >= 15 is 0 Å². The van der Waals surface area contributed by atoms with Crippen LogP contribution in [0.1, 0.15) is 51.9 Å². The van der Waals surface area contributed by atoms with Crippen molar-refractivity contribution < 1.29 is 9.53 Å². The number of ether oxygens (including phenoxy) is 1. The summed E-state index contributed by atoms with van der Waals surface area (Å²) in [7, 11) is 1.49. The fourth-order valence-electron chi connectivity index (χ4n) is 3.68. The van der Waals surface area contributed by atoms with Crippen molar-refractivity contribution >= 4 is 5.97 Å². The molecule has 19 heavy (non-hydrogen) atoms. The highest BCUT2D eigenvalue weighted by atomic mass is 16.5. The number of carbonyl (C=O) groups excluding carboxylic acids is 1. The first kappa shape index (κ1) is 14.8. The highest BCUT2D eigenvalue weighted by Gasteiger charge is 2.33. The van der Waals surface area contributed by atoms with Crippen molar-refractivity contribution in [3.63, 3.8) is 0 Å². The summed E-state index contributed by atoms with van der Waals surface area (Å²) >= 11 is 0. The van der Waals surface area contributed by atoms with E-state index in [0.29, 0.717) is 24.5 Å². The van der Waals surface area contributed by atoms with Gasteiger partial charge in [-0.25, -0.2) is 0 Å². The van der Waals surface area contributed by atoms with Crippen LogP contribution in [0, 0.1) is 0 Å². The zero-order valence-corrected chi connectivity index (χ0v) is 12.4. The molecular weight excluding hydrogens is 240 g/mol. The average Bonchev–Trinajstić information content (AvgIpc) is 2.61. The summed E-state index contributed by atoms with van der Waals surface area (Å²) in [6.07, 6.45) is 8.33. The molecule has 0 aromatic carbocycles. The highest BCUT2D eigenvalue weighted by molar-refractivity contribution is 5.70. The van der Waals surface area contributed by atoms with Crippen molar-refractivity contribution in [2.45, 2.75) is 70.0 Å². The van der Waals surface area contributed by atoms with Gasteiger partial charge in [-0.3, -0.25) is 9.69 Å². The molecule has 1 aliphatic carbocycles. The molecule has 0 aromatic heterocycles. The Morgan fingerprint density at radius 3 is 2.68 bits per heavy atom. The Kier molecular flexibility index (Phi) is 5.64. The van der Waals surface area contributed by atoms with Crippen LogP contribution < -0.4 is 5.32 Å². The number of nitrogens with zero attached hydrogens (tertiary/aromatic N) is 1. The van der Waals surface area contributed by atoms with Gasteiger partial charge in [-0.05, 0) is 32.7 Å². The largest absolute Gasteiger partial charge is 0.469 e. The lowest BCUT2D eigenvalue weighted by Crippen LogP contribution is -2.51. The molecule has 1 aliphatic heterocycles. The van der Waals surface area contributed by atoms with Crippen molar-refractivity contribution in [1.82, 2.24) is 10.2 Å². The minimum atomic E-state index is -0.0818. The smallest absolute Gasteiger partial charge is 0.307 e. The number of carbonyl (C=O) groups is 1. The Balaban J connectivity index is 2.07. The maximum atomic E-state index is 11.7. The number of esters is 1. The Hall–Kier alpha value is -0.610. The van der Waals surface area contributed by atoms with E-state index in [1.165, 1.54) is 45.6 Å². The third-order valence-corrected chi connectivity index (χ3v) is 4.68. The minimum absolute atomic E-state index is 0.0818. The molecular formula is C15H28N2O2. The summed E-state index contributed by atoms with van der Waals surface area (Å²) < 4.78 is 4.87. The standard InChI is InChI=1S/C15H28N2O2/c1-12-8-9-16-11-14(10-15(18)19-2)17(12)13-6-4-3-5-7-13/h12-14,16H,3-11H2,1-2H3. The van der Waals surface area contributed by atoms with Gasteiger partial charge in [0.1, 0.15) is 0 Å². The quantitative estimate of drug-likeness (QED) is 0.794. The van der Waals surface area contributed by atoms with Crippen LogP contribution in [-0.4, -0.2) is 49.2 Å². The summed E-state index contributed by atoms with van der Waals surface area (Å²) in [5.74, 6) is -0.0818. The van der Waals surface area contributed by atoms with Crippen LogP contribution in [0.25, 0.3) is 0 Å². The molecule has 0 amide bonds. The zero-order valence-electron chi connectivity index (χ0n) is 12.4. The molecule has 1 saturated heterocycles. The topological polar surface area (TPSA) is 41.6 Å². The van der Waals surface area contributed by atoms with Crippen molar-refractivity contribution in [2.75, 3.05) is 20.2 Å². The van der Waals surface area contributed by atoms with E-state index in [2.05, 4.69) is 17.1 Å². The Bertz CT molecular complexity index is 290. The van der Waals surface area contributed by atoms with Crippen LogP contribution in [0.3, 0.4) is 0 Å². The number of rotatable bonds is 3. The summed E-state index contributed by atoms with van der Waals surface area (Å²) in [5, 5.41) is 3.48. The summed E-state index contributed by atoms with van der Waals surface area (Å²) in [6, 6.07) is 1.53. The predicted octanol–water partition coefficient (Wildman–Crippen LogP) is 1.93. The van der Waals surface area contributed by atoms with Crippen LogP contribution in [0.4, 0.5) is 0 Å². The van der Waals surface area contributed by atoms with E-state index in [0.717, 1.165) is 13.1 Å². The first-order chi connectivity index (χ1) is 9.22. The lowest BCUT2D eigenvalue weighted by Gasteiger charge is -2.42. The lowest BCUT2D eigenvalue weighted by atomic mass is 9.91. The third-order valence-electron chi connectivity index (χ3n) is 4.68. The molecule has 0 radical (unpaired) electrons. The van der Waals surface area contributed by atoms with E-state index in [-0.39, 0.29) is 5.97 Å². The molecule has 1 N–H and O–H groups in total. The summed E-state index contributed by atoms with van der Waals surface area (Å²) in [4.78, 5) is 14.3. The highest BCUT2D eigenvalue weighted by Crippen LogP contribution is 2.28. The number of hydrogen-bond acceptors (Lipinski definition) is 4. The van der Waals surface area contributed by atoms with Gasteiger partial charge >= 0.3 is 5.97 Å². The van der Waals surface area contributed by atoms with E-state index in [1.54, 1.807) is 0 Å². The lowest BCUT2D eigenvalue weighted by molar-refractivity contribution is -0.142. The second-order valence-electron chi connectivity index (χ2n) is 6.01. The maximum Gasteiger partial charge on any atom is 0.307 e. The monoisotopic (exact) mass is 268 g/mol. The van der Waals surface area contributed by atoms with Gasteiger partial charge in [-0.2, -0.15) is 0 Å². The summed E-state index contributed by atoms with van der Waals surface area (Å²) in [6.45, 7) is 4.28. The van der Waals surface area contributed by atoms with Crippen LogP contribution in [0.2, 0.25) is 0 Å². The van der Waals surface area contributed by atoms with E-state index in [9.17, 15) is 4.79 Å². The van der Waals surface area contributed by atoms with Crippen LogP contribution in [-0.2, 0) is 9.53 Å². The van der Waals surface area contributed by atoms with E-state index in [4.69, 9.17) is 4.74 Å². The molecule has 4 nitrogen and oxygen atoms in total. The molecule has 2 atom stereocenters. The van der Waals surface area contributed by atoms with Gasteiger partial charge in [-0.15, -0.1) is 0 Å². The SMILES string of the molecule is COC(=O)CC1CNCCC(C)N1C1CCCCC1. The molecule has 0 bridgehead atoms. The Morgan fingerprint density at radius 2 is 2.00 bits per heavy atom. The van der Waals surface area contributed by atoms with Gasteiger partial charge in [-0.1, -0.05) is 19.3 Å². The normalized spacial score (nSPS) is 30.8. The molecule has 1 heterocycles. The molecule has 2 rings (SSSR count). The first-order valence-electron chi connectivity index (χ1n) is 7.77. The van der Waals surface area contributed by atoms with E-state index < -0.39 is 0 Å².